The first-order valence-electron chi connectivity index (χ1n) is 8.83. The van der Waals surface area contributed by atoms with Crippen LogP contribution in [0, 0.1) is 11.3 Å². The zero-order valence-corrected chi connectivity index (χ0v) is 15.1. The van der Waals surface area contributed by atoms with Gasteiger partial charge < -0.3 is 15.0 Å². The largest absolute Gasteiger partial charge is 0.463 e. The number of carbonyl (C=O) groups is 2. The average Bonchev–Trinajstić information content (AvgIpc) is 3.32. The fourth-order valence-corrected chi connectivity index (χ4v) is 3.45. The van der Waals surface area contributed by atoms with Crippen LogP contribution in [0.15, 0.2) is 30.5 Å². The highest BCUT2D eigenvalue weighted by Crippen LogP contribution is 2.48. The number of benzene rings is 1. The number of hydrogen-bond acceptors (Lipinski definition) is 4. The van der Waals surface area contributed by atoms with E-state index in [1.54, 1.807) is 0 Å². The predicted octanol–water partition coefficient (Wildman–Crippen LogP) is 2.60. The highest BCUT2D eigenvalue weighted by Gasteiger charge is 2.51. The summed E-state index contributed by atoms with van der Waals surface area (Å²) in [5.74, 6) is -0.288. The van der Waals surface area contributed by atoms with E-state index in [1.807, 2.05) is 55.9 Å². The minimum absolute atomic E-state index is 0.0365. The van der Waals surface area contributed by atoms with E-state index in [0.717, 1.165) is 29.3 Å². The molecule has 1 heterocycles. The van der Waals surface area contributed by atoms with Crippen molar-refractivity contribution < 1.29 is 14.3 Å². The van der Waals surface area contributed by atoms with E-state index in [-0.39, 0.29) is 18.3 Å². The van der Waals surface area contributed by atoms with Crippen LogP contribution in [0.2, 0.25) is 0 Å². The van der Waals surface area contributed by atoms with E-state index in [4.69, 9.17) is 10.5 Å². The SMILES string of the molecule is CC(C)C(=O)C1(COC(=O)[C@H](N)Cc2cn(C)c3ccccc23)CC1. The molecule has 134 valence electrons. The molecule has 2 N–H and O–H groups in total. The third-order valence-corrected chi connectivity index (χ3v) is 5.11. The van der Waals surface area contributed by atoms with Gasteiger partial charge in [-0.15, -0.1) is 0 Å². The smallest absolute Gasteiger partial charge is 0.323 e. The highest BCUT2D eigenvalue weighted by atomic mass is 16.5. The molecule has 0 saturated heterocycles. The number of fused-ring (bicyclic) bond motifs is 1. The zero-order valence-electron chi connectivity index (χ0n) is 15.1. The number of esters is 1. The van der Waals surface area contributed by atoms with Crippen molar-refractivity contribution in [1.82, 2.24) is 4.57 Å². The predicted molar refractivity (Wildman–Crippen MR) is 97.1 cm³/mol. The first-order valence-corrected chi connectivity index (χ1v) is 8.83. The van der Waals surface area contributed by atoms with Crippen molar-refractivity contribution in [1.29, 1.82) is 0 Å². The summed E-state index contributed by atoms with van der Waals surface area (Å²) in [6.07, 6.45) is 4.03. The number of aryl methyl sites for hydroxylation is 1. The second kappa shape index (κ2) is 6.64. The van der Waals surface area contributed by atoms with Crippen molar-refractivity contribution in [2.24, 2.45) is 24.1 Å². The summed E-state index contributed by atoms with van der Waals surface area (Å²) in [5, 5.41) is 1.10. The quantitative estimate of drug-likeness (QED) is 0.785. The van der Waals surface area contributed by atoms with Crippen LogP contribution in [-0.4, -0.2) is 29.0 Å². The Hall–Kier alpha value is -2.14. The topological polar surface area (TPSA) is 74.3 Å². The third-order valence-electron chi connectivity index (χ3n) is 5.11. The molecule has 0 unspecified atom stereocenters. The summed E-state index contributed by atoms with van der Waals surface area (Å²) in [4.78, 5) is 24.5. The molecule has 5 heteroatoms. The van der Waals surface area contributed by atoms with Crippen molar-refractivity contribution in [2.45, 2.75) is 39.2 Å². The van der Waals surface area contributed by atoms with Crippen molar-refractivity contribution >= 4 is 22.7 Å². The van der Waals surface area contributed by atoms with Gasteiger partial charge in [0.2, 0.25) is 0 Å². The molecule has 5 nitrogen and oxygen atoms in total. The Bertz CT molecular complexity index is 802. The van der Waals surface area contributed by atoms with Gasteiger partial charge in [0.1, 0.15) is 18.4 Å². The lowest BCUT2D eigenvalue weighted by atomic mass is 9.93. The van der Waals surface area contributed by atoms with Crippen LogP contribution >= 0.6 is 0 Å². The highest BCUT2D eigenvalue weighted by molar-refractivity contribution is 5.89. The Morgan fingerprint density at radius 3 is 2.60 bits per heavy atom. The molecule has 1 aromatic heterocycles. The Kier molecular flexibility index (Phi) is 4.69. The van der Waals surface area contributed by atoms with Gasteiger partial charge in [-0.2, -0.15) is 0 Å². The van der Waals surface area contributed by atoms with E-state index in [0.29, 0.717) is 6.42 Å². The molecule has 0 aliphatic heterocycles. The number of nitrogens with two attached hydrogens (primary N) is 1. The van der Waals surface area contributed by atoms with Crippen molar-refractivity contribution in [3.8, 4) is 0 Å². The Balaban J connectivity index is 1.62. The molecule has 1 aromatic carbocycles. The van der Waals surface area contributed by atoms with Gasteiger partial charge in [-0.3, -0.25) is 9.59 Å². The Labute approximate surface area is 148 Å². The molecule has 1 atom stereocenters. The normalized spacial score (nSPS) is 16.8. The second-order valence-electron chi connectivity index (χ2n) is 7.50. The molecule has 1 saturated carbocycles. The number of carbonyl (C=O) groups excluding carboxylic acids is 2. The van der Waals surface area contributed by atoms with E-state index in [2.05, 4.69) is 0 Å². The fraction of sp³-hybridized carbons (Fsp3) is 0.500. The minimum Gasteiger partial charge on any atom is -0.463 e. The molecule has 1 aliphatic carbocycles. The lowest BCUT2D eigenvalue weighted by molar-refractivity contribution is -0.149. The van der Waals surface area contributed by atoms with Crippen LogP contribution in [-0.2, 0) is 27.8 Å². The van der Waals surface area contributed by atoms with Crippen molar-refractivity contribution in [3.63, 3.8) is 0 Å². The van der Waals surface area contributed by atoms with Gasteiger partial charge >= 0.3 is 5.97 Å². The number of aromatic nitrogens is 1. The molecular weight excluding hydrogens is 316 g/mol. The van der Waals surface area contributed by atoms with Crippen molar-refractivity contribution in [2.75, 3.05) is 6.61 Å². The molecule has 1 aliphatic rings. The standard InChI is InChI=1S/C20H26N2O3/c1-13(2)18(23)20(8-9-20)12-25-19(24)16(21)10-14-11-22(3)17-7-5-4-6-15(14)17/h4-7,11,13,16H,8-10,12,21H2,1-3H3/t16-/m1/s1. The average molecular weight is 342 g/mol. The number of Topliss-reactive ketones (excluding diaryl/α,β-unsaturated/α-hetero) is 1. The van der Waals surface area contributed by atoms with Crippen molar-refractivity contribution in [3.05, 3.63) is 36.0 Å². The summed E-state index contributed by atoms with van der Waals surface area (Å²) in [7, 11) is 1.98. The summed E-state index contributed by atoms with van der Waals surface area (Å²) in [6.45, 7) is 3.93. The first-order chi connectivity index (χ1) is 11.8. The lowest BCUT2D eigenvalue weighted by Crippen LogP contribution is -2.37. The van der Waals surface area contributed by atoms with Gasteiger partial charge in [0.25, 0.3) is 0 Å². The molecular formula is C20H26N2O3. The number of hydrogen-bond donors (Lipinski definition) is 1. The maximum absolute atomic E-state index is 12.3. The molecule has 0 spiro atoms. The maximum atomic E-state index is 12.3. The summed E-state index contributed by atoms with van der Waals surface area (Å²) >= 11 is 0. The van der Waals surface area contributed by atoms with E-state index in [9.17, 15) is 9.59 Å². The zero-order chi connectivity index (χ0) is 18.2. The molecule has 3 rings (SSSR count). The summed E-state index contributed by atoms with van der Waals surface area (Å²) in [6, 6.07) is 7.31. The van der Waals surface area contributed by atoms with Crippen LogP contribution in [0.25, 0.3) is 10.9 Å². The number of ketones is 1. The number of nitrogens with zero attached hydrogens (tertiary/aromatic N) is 1. The monoisotopic (exact) mass is 342 g/mol. The van der Waals surface area contributed by atoms with Crippen LogP contribution in [0.3, 0.4) is 0 Å². The van der Waals surface area contributed by atoms with Gasteiger partial charge in [0, 0.05) is 36.5 Å². The number of para-hydroxylation sites is 1. The molecule has 2 aromatic rings. The van der Waals surface area contributed by atoms with E-state index < -0.39 is 17.4 Å². The molecule has 25 heavy (non-hydrogen) atoms. The van der Waals surface area contributed by atoms with Gasteiger partial charge in [-0.25, -0.2) is 0 Å². The number of rotatable bonds is 7. The summed E-state index contributed by atoms with van der Waals surface area (Å²) in [5.41, 5.74) is 7.75. The van der Waals surface area contributed by atoms with Gasteiger partial charge in [-0.1, -0.05) is 32.0 Å². The molecule has 1 fully saturated rings. The third kappa shape index (κ3) is 3.47. The van der Waals surface area contributed by atoms with Gasteiger partial charge in [0.05, 0.1) is 5.41 Å². The molecule has 0 radical (unpaired) electrons. The Morgan fingerprint density at radius 2 is 1.96 bits per heavy atom. The molecule has 0 bridgehead atoms. The first kappa shape index (κ1) is 17.7. The second-order valence-corrected chi connectivity index (χ2v) is 7.50. The van der Waals surface area contributed by atoms with Crippen LogP contribution < -0.4 is 5.73 Å². The van der Waals surface area contributed by atoms with Crippen LogP contribution in [0.5, 0.6) is 0 Å². The fourth-order valence-electron chi connectivity index (χ4n) is 3.45. The van der Waals surface area contributed by atoms with E-state index in [1.165, 1.54) is 0 Å². The lowest BCUT2D eigenvalue weighted by Gasteiger charge is -2.18. The van der Waals surface area contributed by atoms with Gasteiger partial charge in [-0.05, 0) is 24.5 Å². The van der Waals surface area contributed by atoms with Crippen LogP contribution in [0.1, 0.15) is 32.3 Å². The Morgan fingerprint density at radius 1 is 1.28 bits per heavy atom. The minimum atomic E-state index is -0.726. The number of ether oxygens (including phenoxy) is 1. The molecule has 0 amide bonds. The van der Waals surface area contributed by atoms with Crippen LogP contribution in [0.4, 0.5) is 0 Å². The van der Waals surface area contributed by atoms with Gasteiger partial charge in [0.15, 0.2) is 0 Å². The van der Waals surface area contributed by atoms with E-state index >= 15 is 0 Å². The maximum Gasteiger partial charge on any atom is 0.323 e. The summed E-state index contributed by atoms with van der Waals surface area (Å²) < 4.78 is 7.43.